The Kier molecular flexibility index (Phi) is 2.20. The monoisotopic (exact) mass is 252 g/mol. The van der Waals surface area contributed by atoms with Crippen LogP contribution in [0.15, 0.2) is 36.4 Å². The maximum absolute atomic E-state index is 6.04. The molecule has 0 atom stereocenters. The van der Waals surface area contributed by atoms with Crippen LogP contribution in [0.25, 0.3) is 0 Å². The normalized spacial score (nSPS) is 12.1. The smallest absolute Gasteiger partial charge is 0.190 e. The lowest BCUT2D eigenvalue weighted by molar-refractivity contribution is 0.360. The Balaban J connectivity index is 2.16. The van der Waals surface area contributed by atoms with Crippen LogP contribution < -0.4 is 9.47 Å². The highest BCUT2D eigenvalue weighted by molar-refractivity contribution is 6.43. The van der Waals surface area contributed by atoms with Crippen molar-refractivity contribution in [3.8, 4) is 23.0 Å². The zero-order chi connectivity index (χ0) is 11.1. The second-order valence-corrected chi connectivity index (χ2v) is 4.12. The van der Waals surface area contributed by atoms with Gasteiger partial charge >= 0.3 is 0 Å². The minimum absolute atomic E-state index is 0.369. The van der Waals surface area contributed by atoms with Gasteiger partial charge in [-0.05, 0) is 24.3 Å². The first-order valence-corrected chi connectivity index (χ1v) is 5.44. The van der Waals surface area contributed by atoms with E-state index < -0.39 is 0 Å². The van der Waals surface area contributed by atoms with Gasteiger partial charge in [-0.2, -0.15) is 0 Å². The van der Waals surface area contributed by atoms with E-state index in [1.807, 2.05) is 24.3 Å². The summed E-state index contributed by atoms with van der Waals surface area (Å²) in [4.78, 5) is 0. The summed E-state index contributed by atoms with van der Waals surface area (Å²) < 4.78 is 11.3. The molecule has 0 unspecified atom stereocenters. The minimum atomic E-state index is 0.369. The molecule has 1 heterocycles. The molecule has 3 rings (SSSR count). The SMILES string of the molecule is Clc1ccc2c(c1Cl)Oc1ccccc1O2. The molecule has 0 radical (unpaired) electrons. The van der Waals surface area contributed by atoms with E-state index in [1.54, 1.807) is 12.1 Å². The molecule has 0 aromatic heterocycles. The van der Waals surface area contributed by atoms with Gasteiger partial charge in [-0.25, -0.2) is 0 Å². The lowest BCUT2D eigenvalue weighted by Crippen LogP contribution is -1.99. The number of rotatable bonds is 0. The van der Waals surface area contributed by atoms with Gasteiger partial charge in [0.05, 0.1) is 5.02 Å². The van der Waals surface area contributed by atoms with Gasteiger partial charge in [-0.15, -0.1) is 0 Å². The first-order valence-electron chi connectivity index (χ1n) is 4.68. The molecule has 2 nitrogen and oxygen atoms in total. The number of benzene rings is 2. The summed E-state index contributed by atoms with van der Waals surface area (Å²) in [5.74, 6) is 2.36. The van der Waals surface area contributed by atoms with E-state index in [0.29, 0.717) is 33.0 Å². The lowest BCUT2D eigenvalue weighted by atomic mass is 10.2. The van der Waals surface area contributed by atoms with E-state index >= 15 is 0 Å². The van der Waals surface area contributed by atoms with Crippen LogP contribution in [0.4, 0.5) is 0 Å². The number of para-hydroxylation sites is 2. The molecule has 2 aromatic rings. The van der Waals surface area contributed by atoms with E-state index in [-0.39, 0.29) is 0 Å². The average Bonchev–Trinajstić information content (AvgIpc) is 2.32. The summed E-state index contributed by atoms with van der Waals surface area (Å²) in [5, 5.41) is 0.817. The zero-order valence-corrected chi connectivity index (χ0v) is 9.55. The van der Waals surface area contributed by atoms with Crippen LogP contribution in [0, 0.1) is 0 Å². The Morgan fingerprint density at radius 1 is 0.750 bits per heavy atom. The molecule has 0 bridgehead atoms. The molecule has 80 valence electrons. The zero-order valence-electron chi connectivity index (χ0n) is 8.04. The summed E-state index contributed by atoms with van der Waals surface area (Å²) in [6.07, 6.45) is 0. The summed E-state index contributed by atoms with van der Waals surface area (Å²) >= 11 is 11.9. The summed E-state index contributed by atoms with van der Waals surface area (Å²) in [7, 11) is 0. The van der Waals surface area contributed by atoms with Crippen LogP contribution in [-0.2, 0) is 0 Å². The fourth-order valence-electron chi connectivity index (χ4n) is 1.54. The van der Waals surface area contributed by atoms with Crippen LogP contribution in [0.2, 0.25) is 10.0 Å². The third kappa shape index (κ3) is 1.42. The van der Waals surface area contributed by atoms with Crippen molar-refractivity contribution in [2.24, 2.45) is 0 Å². The molecule has 0 saturated heterocycles. The highest BCUT2D eigenvalue weighted by atomic mass is 35.5. The average molecular weight is 253 g/mol. The molecule has 0 spiro atoms. The van der Waals surface area contributed by atoms with E-state index in [2.05, 4.69) is 0 Å². The van der Waals surface area contributed by atoms with Gasteiger partial charge in [-0.1, -0.05) is 35.3 Å². The van der Waals surface area contributed by atoms with Crippen LogP contribution >= 0.6 is 23.2 Å². The highest BCUT2D eigenvalue weighted by Crippen LogP contribution is 2.49. The molecule has 0 amide bonds. The second-order valence-electron chi connectivity index (χ2n) is 3.34. The van der Waals surface area contributed by atoms with E-state index in [9.17, 15) is 0 Å². The Hall–Kier alpha value is -1.38. The fraction of sp³-hybridized carbons (Fsp3) is 0. The van der Waals surface area contributed by atoms with Crippen molar-refractivity contribution in [2.75, 3.05) is 0 Å². The predicted octanol–water partition coefficient (Wildman–Crippen LogP) is 4.89. The van der Waals surface area contributed by atoms with Crippen molar-refractivity contribution in [1.82, 2.24) is 0 Å². The highest BCUT2D eigenvalue weighted by Gasteiger charge is 2.22. The minimum Gasteiger partial charge on any atom is -0.449 e. The van der Waals surface area contributed by atoms with Crippen molar-refractivity contribution >= 4 is 23.2 Å². The second kappa shape index (κ2) is 3.58. The number of halogens is 2. The number of hydrogen-bond donors (Lipinski definition) is 0. The third-order valence-corrected chi connectivity index (χ3v) is 3.08. The quantitative estimate of drug-likeness (QED) is 0.567. The van der Waals surface area contributed by atoms with Crippen LogP contribution in [0.1, 0.15) is 0 Å². The molecule has 0 saturated carbocycles. The molecule has 4 heteroatoms. The van der Waals surface area contributed by atoms with Gasteiger partial charge in [-0.3, -0.25) is 0 Å². The van der Waals surface area contributed by atoms with Gasteiger partial charge in [0.25, 0.3) is 0 Å². The number of hydrogen-bond acceptors (Lipinski definition) is 2. The fourth-order valence-corrected chi connectivity index (χ4v) is 1.88. The summed E-state index contributed by atoms with van der Waals surface area (Å²) in [6, 6.07) is 10.8. The maximum Gasteiger partial charge on any atom is 0.190 e. The van der Waals surface area contributed by atoms with Crippen molar-refractivity contribution in [2.45, 2.75) is 0 Å². The van der Waals surface area contributed by atoms with Crippen LogP contribution in [0.5, 0.6) is 23.0 Å². The molecular formula is C12H6Cl2O2. The molecule has 0 N–H and O–H groups in total. The Labute approximate surface area is 102 Å². The standard InChI is InChI=1S/C12H6Cl2O2/c13-7-5-6-10-12(11(7)14)16-9-4-2-1-3-8(9)15-10/h1-6H. The van der Waals surface area contributed by atoms with Crippen molar-refractivity contribution < 1.29 is 9.47 Å². The summed E-state index contributed by atoms with van der Waals surface area (Å²) in [6.45, 7) is 0. The van der Waals surface area contributed by atoms with E-state index in [1.165, 1.54) is 0 Å². The topological polar surface area (TPSA) is 18.5 Å². The van der Waals surface area contributed by atoms with Crippen LogP contribution in [-0.4, -0.2) is 0 Å². The lowest BCUT2D eigenvalue weighted by Gasteiger charge is -2.21. The third-order valence-electron chi connectivity index (χ3n) is 2.29. The first kappa shape index (κ1) is 9.82. The molecule has 0 aliphatic carbocycles. The van der Waals surface area contributed by atoms with Gasteiger partial charge in [0.1, 0.15) is 5.02 Å². The van der Waals surface area contributed by atoms with Crippen molar-refractivity contribution in [1.29, 1.82) is 0 Å². The molecule has 2 aromatic carbocycles. The number of fused-ring (bicyclic) bond motifs is 2. The molecule has 0 fully saturated rings. The van der Waals surface area contributed by atoms with E-state index in [0.717, 1.165) is 0 Å². The molecule has 1 aliphatic rings. The van der Waals surface area contributed by atoms with E-state index in [4.69, 9.17) is 32.7 Å². The first-order chi connectivity index (χ1) is 7.75. The van der Waals surface area contributed by atoms with Gasteiger partial charge in [0.2, 0.25) is 0 Å². The predicted molar refractivity (Wildman–Crippen MR) is 63.1 cm³/mol. The molecule has 16 heavy (non-hydrogen) atoms. The molecular weight excluding hydrogens is 247 g/mol. The van der Waals surface area contributed by atoms with Gasteiger partial charge < -0.3 is 9.47 Å². The maximum atomic E-state index is 6.04. The molecule has 1 aliphatic heterocycles. The largest absolute Gasteiger partial charge is 0.449 e. The Morgan fingerprint density at radius 3 is 2.19 bits per heavy atom. The van der Waals surface area contributed by atoms with Gasteiger partial charge in [0, 0.05) is 0 Å². The van der Waals surface area contributed by atoms with Crippen molar-refractivity contribution in [3.63, 3.8) is 0 Å². The number of ether oxygens (including phenoxy) is 2. The van der Waals surface area contributed by atoms with Crippen molar-refractivity contribution in [3.05, 3.63) is 46.4 Å². The Bertz CT molecular complexity index is 567. The Morgan fingerprint density at radius 2 is 1.44 bits per heavy atom. The van der Waals surface area contributed by atoms with Gasteiger partial charge in [0.15, 0.2) is 23.0 Å². The summed E-state index contributed by atoms with van der Waals surface area (Å²) in [5.41, 5.74) is 0. The van der Waals surface area contributed by atoms with Crippen LogP contribution in [0.3, 0.4) is 0 Å².